The Balaban J connectivity index is 1.62. The van der Waals surface area contributed by atoms with E-state index in [1.807, 2.05) is 12.1 Å². The lowest BCUT2D eigenvalue weighted by Gasteiger charge is -2.05. The van der Waals surface area contributed by atoms with Gasteiger partial charge in [-0.25, -0.2) is 0 Å². The second-order valence-electron chi connectivity index (χ2n) is 5.06. The maximum atomic E-state index is 12.2. The minimum Gasteiger partial charge on any atom is -0.380 e. The number of rotatable bonds is 6. The Morgan fingerprint density at radius 1 is 1.25 bits per heavy atom. The summed E-state index contributed by atoms with van der Waals surface area (Å²) in [5.41, 5.74) is 2.29. The van der Waals surface area contributed by atoms with E-state index in [9.17, 15) is 4.79 Å². The molecule has 7 heteroatoms. The third-order valence-corrected chi connectivity index (χ3v) is 3.31. The lowest BCUT2D eigenvalue weighted by Crippen LogP contribution is -2.23. The van der Waals surface area contributed by atoms with Crippen LogP contribution in [-0.2, 0) is 17.9 Å². The van der Waals surface area contributed by atoms with Crippen LogP contribution in [0.2, 0.25) is 0 Å². The highest BCUT2D eigenvalue weighted by atomic mass is 16.5. The molecule has 1 N–H and O–H groups in total. The zero-order valence-electron chi connectivity index (χ0n) is 13.1. The second kappa shape index (κ2) is 7.47. The molecule has 0 spiro atoms. The van der Waals surface area contributed by atoms with Crippen molar-refractivity contribution in [2.45, 2.75) is 13.2 Å². The molecule has 2 aromatic heterocycles. The van der Waals surface area contributed by atoms with E-state index < -0.39 is 0 Å². The Bertz CT molecular complexity index is 817. The van der Waals surface area contributed by atoms with Gasteiger partial charge >= 0.3 is 0 Å². The highest BCUT2D eigenvalue weighted by Gasteiger charge is 2.11. The van der Waals surface area contributed by atoms with Crippen LogP contribution in [0, 0.1) is 0 Å². The number of ether oxygens (including phenoxy) is 1. The van der Waals surface area contributed by atoms with E-state index in [1.165, 1.54) is 0 Å². The lowest BCUT2D eigenvalue weighted by atomic mass is 10.1. The number of aromatic nitrogens is 3. The molecule has 1 aromatic carbocycles. The fraction of sp³-hybridized carbons (Fsp3) is 0.176. The summed E-state index contributed by atoms with van der Waals surface area (Å²) in [5, 5.41) is 6.65. The summed E-state index contributed by atoms with van der Waals surface area (Å²) in [5.74, 6) is 0.587. The molecule has 1 amide bonds. The SMILES string of the molecule is COCc1cccc(C(=O)NCc2nc(-c3ccncc3)no2)c1. The summed E-state index contributed by atoms with van der Waals surface area (Å²) in [6, 6.07) is 10.8. The van der Waals surface area contributed by atoms with Crippen molar-refractivity contribution in [2.24, 2.45) is 0 Å². The Morgan fingerprint density at radius 2 is 2.08 bits per heavy atom. The van der Waals surface area contributed by atoms with Gasteiger partial charge in [-0.15, -0.1) is 0 Å². The van der Waals surface area contributed by atoms with Gasteiger partial charge in [-0.3, -0.25) is 9.78 Å². The molecule has 3 aromatic rings. The van der Waals surface area contributed by atoms with Gasteiger partial charge < -0.3 is 14.6 Å². The van der Waals surface area contributed by atoms with Crippen LogP contribution in [0.4, 0.5) is 0 Å². The summed E-state index contributed by atoms with van der Waals surface area (Å²) in [4.78, 5) is 20.4. The topological polar surface area (TPSA) is 90.1 Å². The molecule has 0 saturated carbocycles. The second-order valence-corrected chi connectivity index (χ2v) is 5.06. The maximum Gasteiger partial charge on any atom is 0.251 e. The van der Waals surface area contributed by atoms with Crippen molar-refractivity contribution in [3.05, 3.63) is 65.8 Å². The van der Waals surface area contributed by atoms with Crippen LogP contribution in [0.15, 0.2) is 53.3 Å². The minimum atomic E-state index is -0.211. The van der Waals surface area contributed by atoms with Crippen LogP contribution in [0.25, 0.3) is 11.4 Å². The van der Waals surface area contributed by atoms with Crippen molar-refractivity contribution in [2.75, 3.05) is 7.11 Å². The molecular weight excluding hydrogens is 308 g/mol. The number of carbonyl (C=O) groups is 1. The molecule has 0 fully saturated rings. The quantitative estimate of drug-likeness (QED) is 0.747. The van der Waals surface area contributed by atoms with Gasteiger partial charge in [-0.05, 0) is 29.8 Å². The van der Waals surface area contributed by atoms with E-state index in [-0.39, 0.29) is 12.5 Å². The van der Waals surface area contributed by atoms with E-state index in [2.05, 4.69) is 20.4 Å². The van der Waals surface area contributed by atoms with Gasteiger partial charge in [0.05, 0.1) is 13.2 Å². The van der Waals surface area contributed by atoms with E-state index in [0.717, 1.165) is 11.1 Å². The summed E-state index contributed by atoms with van der Waals surface area (Å²) in [7, 11) is 1.61. The Hall–Kier alpha value is -3.06. The number of hydrogen-bond donors (Lipinski definition) is 1. The molecule has 0 unspecified atom stereocenters. The average molecular weight is 324 g/mol. The molecule has 7 nitrogen and oxygen atoms in total. The standard InChI is InChI=1S/C17H16N4O3/c1-23-11-12-3-2-4-14(9-12)17(22)19-10-15-20-16(21-24-15)13-5-7-18-8-6-13/h2-9H,10-11H2,1H3,(H,19,22). The number of pyridine rings is 1. The van der Waals surface area contributed by atoms with E-state index in [0.29, 0.717) is 23.9 Å². The molecule has 3 rings (SSSR count). The average Bonchev–Trinajstić information content (AvgIpc) is 3.10. The van der Waals surface area contributed by atoms with Crippen LogP contribution in [0.3, 0.4) is 0 Å². The van der Waals surface area contributed by atoms with Gasteiger partial charge in [-0.2, -0.15) is 4.98 Å². The number of benzene rings is 1. The molecule has 24 heavy (non-hydrogen) atoms. The van der Waals surface area contributed by atoms with Crippen LogP contribution < -0.4 is 5.32 Å². The molecule has 0 bridgehead atoms. The third-order valence-electron chi connectivity index (χ3n) is 3.31. The van der Waals surface area contributed by atoms with Crippen molar-refractivity contribution in [1.82, 2.24) is 20.4 Å². The Morgan fingerprint density at radius 3 is 2.88 bits per heavy atom. The molecule has 0 aliphatic heterocycles. The van der Waals surface area contributed by atoms with Gasteiger partial charge in [0.2, 0.25) is 11.7 Å². The van der Waals surface area contributed by atoms with Gasteiger partial charge in [0.25, 0.3) is 5.91 Å². The number of methoxy groups -OCH3 is 1. The summed E-state index contributed by atoms with van der Waals surface area (Å²) in [6.07, 6.45) is 3.31. The minimum absolute atomic E-state index is 0.158. The molecule has 122 valence electrons. The molecule has 0 radical (unpaired) electrons. The van der Waals surface area contributed by atoms with Crippen LogP contribution in [0.5, 0.6) is 0 Å². The van der Waals surface area contributed by atoms with E-state index in [1.54, 1.807) is 43.8 Å². The highest BCUT2D eigenvalue weighted by Crippen LogP contribution is 2.14. The first-order chi connectivity index (χ1) is 11.8. The summed E-state index contributed by atoms with van der Waals surface area (Å²) in [6.45, 7) is 0.617. The number of amides is 1. The van der Waals surface area contributed by atoms with Crippen LogP contribution >= 0.6 is 0 Å². The summed E-state index contributed by atoms with van der Waals surface area (Å²) >= 11 is 0. The highest BCUT2D eigenvalue weighted by molar-refractivity contribution is 5.94. The number of hydrogen-bond acceptors (Lipinski definition) is 6. The Labute approximate surface area is 138 Å². The monoisotopic (exact) mass is 324 g/mol. The first-order valence-corrected chi connectivity index (χ1v) is 7.35. The molecule has 0 aliphatic carbocycles. The van der Waals surface area contributed by atoms with Gasteiger partial charge in [0.1, 0.15) is 0 Å². The maximum absolute atomic E-state index is 12.2. The lowest BCUT2D eigenvalue weighted by molar-refractivity contribution is 0.0946. The van der Waals surface area contributed by atoms with Crippen LogP contribution in [0.1, 0.15) is 21.8 Å². The van der Waals surface area contributed by atoms with Gasteiger partial charge in [-0.1, -0.05) is 17.3 Å². The van der Waals surface area contributed by atoms with E-state index in [4.69, 9.17) is 9.26 Å². The van der Waals surface area contributed by atoms with Crippen molar-refractivity contribution in [3.8, 4) is 11.4 Å². The number of nitrogens with zero attached hydrogens (tertiary/aromatic N) is 3. The molecule has 2 heterocycles. The fourth-order valence-corrected chi connectivity index (χ4v) is 2.17. The van der Waals surface area contributed by atoms with E-state index >= 15 is 0 Å². The number of carbonyl (C=O) groups excluding carboxylic acids is 1. The van der Waals surface area contributed by atoms with Crippen molar-refractivity contribution < 1.29 is 14.1 Å². The number of nitrogens with one attached hydrogen (secondary N) is 1. The smallest absolute Gasteiger partial charge is 0.251 e. The predicted octanol–water partition coefficient (Wildman–Crippen LogP) is 2.21. The zero-order chi connectivity index (χ0) is 16.8. The van der Waals surface area contributed by atoms with Crippen molar-refractivity contribution >= 4 is 5.91 Å². The molecular formula is C17H16N4O3. The normalized spacial score (nSPS) is 10.5. The van der Waals surface area contributed by atoms with Crippen molar-refractivity contribution in [3.63, 3.8) is 0 Å². The van der Waals surface area contributed by atoms with Gasteiger partial charge in [0, 0.05) is 30.6 Å². The zero-order valence-corrected chi connectivity index (χ0v) is 13.1. The third kappa shape index (κ3) is 3.82. The molecule has 0 saturated heterocycles. The van der Waals surface area contributed by atoms with Crippen molar-refractivity contribution in [1.29, 1.82) is 0 Å². The molecule has 0 aliphatic rings. The first kappa shape index (κ1) is 15.8. The van der Waals surface area contributed by atoms with Crippen LogP contribution in [-0.4, -0.2) is 28.1 Å². The fourth-order valence-electron chi connectivity index (χ4n) is 2.17. The first-order valence-electron chi connectivity index (χ1n) is 7.35. The summed E-state index contributed by atoms with van der Waals surface area (Å²) < 4.78 is 10.2. The Kier molecular flexibility index (Phi) is 4.93. The molecule has 0 atom stereocenters. The predicted molar refractivity (Wildman–Crippen MR) is 85.9 cm³/mol. The van der Waals surface area contributed by atoms with Gasteiger partial charge in [0.15, 0.2) is 0 Å². The largest absolute Gasteiger partial charge is 0.380 e.